The van der Waals surface area contributed by atoms with Crippen molar-refractivity contribution in [2.45, 2.75) is 20.0 Å². The number of Topliss-reactive ketones (excluding diaryl/α,β-unsaturated/α-hetero) is 1. The average molecular weight is 293 g/mol. The van der Waals surface area contributed by atoms with Crippen LogP contribution in [0.5, 0.6) is 5.75 Å². The average Bonchev–Trinajstić information content (AvgIpc) is 2.40. The maximum Gasteiger partial charge on any atom is 0.205 e. The van der Waals surface area contributed by atoms with E-state index in [-0.39, 0.29) is 5.56 Å². The molecule has 104 valence electrons. The van der Waals surface area contributed by atoms with Crippen LogP contribution in [0.25, 0.3) is 0 Å². The van der Waals surface area contributed by atoms with Crippen LogP contribution < -0.4 is 4.74 Å². The van der Waals surface area contributed by atoms with Crippen molar-refractivity contribution in [1.29, 1.82) is 0 Å². The molecular formula is C16H14ClFO2. The summed E-state index contributed by atoms with van der Waals surface area (Å²) in [6, 6.07) is 11.2. The van der Waals surface area contributed by atoms with Gasteiger partial charge in [-0.2, -0.15) is 0 Å². The molecule has 0 fully saturated rings. The van der Waals surface area contributed by atoms with Gasteiger partial charge in [0.1, 0.15) is 11.6 Å². The number of ether oxygens (including phenoxy) is 1. The van der Waals surface area contributed by atoms with Gasteiger partial charge in [-0.05, 0) is 44.2 Å². The van der Waals surface area contributed by atoms with Crippen LogP contribution in [0.2, 0.25) is 5.02 Å². The Labute approximate surface area is 122 Å². The summed E-state index contributed by atoms with van der Waals surface area (Å²) in [6.07, 6.45) is -0.787. The predicted octanol–water partition coefficient (Wildman–Crippen LogP) is 4.44. The molecule has 0 aliphatic heterocycles. The Bertz CT molecular complexity index is 640. The fourth-order valence-corrected chi connectivity index (χ4v) is 2.03. The fourth-order valence-electron chi connectivity index (χ4n) is 1.84. The fraction of sp³-hybridized carbons (Fsp3) is 0.188. The molecule has 2 aromatic rings. The minimum Gasteiger partial charge on any atom is -0.483 e. The van der Waals surface area contributed by atoms with E-state index >= 15 is 0 Å². The first-order valence-electron chi connectivity index (χ1n) is 6.20. The van der Waals surface area contributed by atoms with Crippen molar-refractivity contribution in [3.63, 3.8) is 0 Å². The van der Waals surface area contributed by atoms with Crippen molar-refractivity contribution >= 4 is 17.4 Å². The minimum atomic E-state index is -0.787. The summed E-state index contributed by atoms with van der Waals surface area (Å²) in [5.41, 5.74) is 0.865. The molecule has 0 aliphatic rings. The number of ketones is 1. The second kappa shape index (κ2) is 6.06. The molecule has 0 saturated heterocycles. The Hall–Kier alpha value is -1.87. The van der Waals surface area contributed by atoms with E-state index in [1.165, 1.54) is 12.1 Å². The molecule has 0 aliphatic carbocycles. The Morgan fingerprint density at radius 2 is 2.00 bits per heavy atom. The van der Waals surface area contributed by atoms with E-state index in [4.69, 9.17) is 16.3 Å². The summed E-state index contributed by atoms with van der Waals surface area (Å²) in [7, 11) is 0. The number of carbonyl (C=O) groups excluding carboxylic acids is 1. The first kappa shape index (κ1) is 14.5. The maximum absolute atomic E-state index is 13.7. The van der Waals surface area contributed by atoms with Gasteiger partial charge in [0.05, 0.1) is 5.56 Å². The standard InChI is InChI=1S/C16H14ClFO2/c1-10-6-7-15(18)14(8-10)16(19)11(2)20-13-5-3-4-12(17)9-13/h3-9,11H,1-2H3. The quantitative estimate of drug-likeness (QED) is 0.779. The summed E-state index contributed by atoms with van der Waals surface area (Å²) >= 11 is 5.85. The van der Waals surface area contributed by atoms with Gasteiger partial charge in [0.2, 0.25) is 5.78 Å². The molecule has 2 aromatic carbocycles. The Kier molecular flexibility index (Phi) is 4.40. The topological polar surface area (TPSA) is 26.3 Å². The molecule has 0 N–H and O–H groups in total. The molecule has 2 nitrogen and oxygen atoms in total. The molecule has 20 heavy (non-hydrogen) atoms. The van der Waals surface area contributed by atoms with Crippen LogP contribution >= 0.6 is 11.6 Å². The van der Waals surface area contributed by atoms with Gasteiger partial charge in [-0.3, -0.25) is 4.79 Å². The van der Waals surface area contributed by atoms with Gasteiger partial charge >= 0.3 is 0 Å². The summed E-state index contributed by atoms with van der Waals surface area (Å²) in [6.45, 7) is 3.39. The van der Waals surface area contributed by atoms with Crippen molar-refractivity contribution in [3.05, 3.63) is 64.4 Å². The maximum atomic E-state index is 13.7. The van der Waals surface area contributed by atoms with Crippen molar-refractivity contribution in [2.24, 2.45) is 0 Å². The van der Waals surface area contributed by atoms with E-state index in [1.807, 2.05) is 0 Å². The smallest absolute Gasteiger partial charge is 0.205 e. The van der Waals surface area contributed by atoms with E-state index in [0.717, 1.165) is 5.56 Å². The van der Waals surface area contributed by atoms with Crippen LogP contribution in [0.3, 0.4) is 0 Å². The normalized spacial score (nSPS) is 12.0. The highest BCUT2D eigenvalue weighted by Gasteiger charge is 2.20. The van der Waals surface area contributed by atoms with Crippen LogP contribution in [-0.2, 0) is 0 Å². The molecule has 0 heterocycles. The summed E-state index contributed by atoms with van der Waals surface area (Å²) in [5.74, 6) is -0.459. The molecule has 2 rings (SSSR count). The van der Waals surface area contributed by atoms with E-state index in [1.54, 1.807) is 44.2 Å². The molecule has 0 spiro atoms. The highest BCUT2D eigenvalue weighted by Crippen LogP contribution is 2.20. The zero-order chi connectivity index (χ0) is 14.7. The molecule has 0 aromatic heterocycles. The molecule has 4 heteroatoms. The van der Waals surface area contributed by atoms with Gasteiger partial charge in [-0.25, -0.2) is 4.39 Å². The van der Waals surface area contributed by atoms with Crippen LogP contribution in [-0.4, -0.2) is 11.9 Å². The van der Waals surface area contributed by atoms with Crippen LogP contribution in [0.4, 0.5) is 4.39 Å². The van der Waals surface area contributed by atoms with E-state index in [2.05, 4.69) is 0 Å². The van der Waals surface area contributed by atoms with Gasteiger partial charge < -0.3 is 4.74 Å². The third-order valence-corrected chi connectivity index (χ3v) is 3.10. The first-order valence-corrected chi connectivity index (χ1v) is 6.58. The number of hydrogen-bond acceptors (Lipinski definition) is 2. The third-order valence-electron chi connectivity index (χ3n) is 2.87. The van der Waals surface area contributed by atoms with Crippen molar-refractivity contribution in [2.75, 3.05) is 0 Å². The monoisotopic (exact) mass is 292 g/mol. The van der Waals surface area contributed by atoms with Gasteiger partial charge in [0.15, 0.2) is 6.10 Å². The van der Waals surface area contributed by atoms with Crippen LogP contribution in [0.15, 0.2) is 42.5 Å². The lowest BCUT2D eigenvalue weighted by Gasteiger charge is -2.14. The molecule has 0 radical (unpaired) electrons. The molecule has 1 atom stereocenters. The predicted molar refractivity (Wildman–Crippen MR) is 77.0 cm³/mol. The highest BCUT2D eigenvalue weighted by molar-refractivity contribution is 6.30. The number of halogens is 2. The third kappa shape index (κ3) is 3.36. The van der Waals surface area contributed by atoms with Crippen LogP contribution in [0.1, 0.15) is 22.8 Å². The lowest BCUT2D eigenvalue weighted by atomic mass is 10.0. The van der Waals surface area contributed by atoms with Crippen LogP contribution in [0, 0.1) is 12.7 Å². The second-order valence-electron chi connectivity index (χ2n) is 4.57. The molecular weight excluding hydrogens is 279 g/mol. The van der Waals surface area contributed by atoms with E-state index in [9.17, 15) is 9.18 Å². The van der Waals surface area contributed by atoms with Crippen molar-refractivity contribution in [3.8, 4) is 5.75 Å². The SMILES string of the molecule is Cc1ccc(F)c(C(=O)C(C)Oc2cccc(Cl)c2)c1. The lowest BCUT2D eigenvalue weighted by molar-refractivity contribution is 0.0813. The number of rotatable bonds is 4. The number of carbonyl (C=O) groups is 1. The number of hydrogen-bond donors (Lipinski definition) is 0. The first-order chi connectivity index (χ1) is 9.47. The van der Waals surface area contributed by atoms with Gasteiger partial charge in [0.25, 0.3) is 0 Å². The summed E-state index contributed by atoms with van der Waals surface area (Å²) in [4.78, 5) is 12.2. The Balaban J connectivity index is 2.18. The van der Waals surface area contributed by atoms with Gasteiger partial charge in [-0.1, -0.05) is 29.3 Å². The number of aryl methyl sites for hydroxylation is 1. The molecule has 0 amide bonds. The second-order valence-corrected chi connectivity index (χ2v) is 5.00. The highest BCUT2D eigenvalue weighted by atomic mass is 35.5. The van der Waals surface area contributed by atoms with E-state index < -0.39 is 17.7 Å². The van der Waals surface area contributed by atoms with Crippen molar-refractivity contribution < 1.29 is 13.9 Å². The summed E-state index contributed by atoms with van der Waals surface area (Å²) < 4.78 is 19.2. The van der Waals surface area contributed by atoms with Gasteiger partial charge in [-0.15, -0.1) is 0 Å². The lowest BCUT2D eigenvalue weighted by Crippen LogP contribution is -2.24. The largest absolute Gasteiger partial charge is 0.483 e. The Morgan fingerprint density at radius 1 is 1.25 bits per heavy atom. The Morgan fingerprint density at radius 3 is 2.70 bits per heavy atom. The van der Waals surface area contributed by atoms with Gasteiger partial charge in [0, 0.05) is 5.02 Å². The van der Waals surface area contributed by atoms with Crippen molar-refractivity contribution in [1.82, 2.24) is 0 Å². The minimum absolute atomic E-state index is 0.0412. The zero-order valence-corrected chi connectivity index (χ0v) is 11.9. The molecule has 0 bridgehead atoms. The molecule has 1 unspecified atom stereocenters. The number of benzene rings is 2. The summed E-state index contributed by atoms with van der Waals surface area (Å²) in [5, 5.41) is 0.517. The zero-order valence-electron chi connectivity index (χ0n) is 11.2. The molecule has 0 saturated carbocycles. The van der Waals surface area contributed by atoms with E-state index in [0.29, 0.717) is 10.8 Å².